The van der Waals surface area contributed by atoms with Crippen molar-refractivity contribution in [2.24, 2.45) is 0 Å². The molecule has 114 valence electrons. The van der Waals surface area contributed by atoms with Crippen LogP contribution in [0, 0.1) is 0 Å². The molecule has 6 heteroatoms. The Bertz CT molecular complexity index is 408. The van der Waals surface area contributed by atoms with Crippen molar-refractivity contribution in [3.63, 3.8) is 0 Å². The summed E-state index contributed by atoms with van der Waals surface area (Å²) in [5.41, 5.74) is -0.186. The number of hydrogen-bond donors (Lipinski definition) is 1. The molecule has 0 radical (unpaired) electrons. The van der Waals surface area contributed by atoms with E-state index in [9.17, 15) is 4.79 Å². The summed E-state index contributed by atoms with van der Waals surface area (Å²) < 4.78 is 0. The van der Waals surface area contributed by atoms with Crippen LogP contribution in [-0.2, 0) is 16.9 Å². The number of carbonyl (C=O) groups excluding carboxylic acids is 1. The summed E-state index contributed by atoms with van der Waals surface area (Å²) in [6.07, 6.45) is 6.35. The van der Waals surface area contributed by atoms with Gasteiger partial charge in [0.25, 0.3) is 0 Å². The Balaban J connectivity index is 2.22. The first kappa shape index (κ1) is 16.6. The molecule has 0 bridgehead atoms. The zero-order valence-corrected chi connectivity index (χ0v) is 13.1. The van der Waals surface area contributed by atoms with Crippen molar-refractivity contribution in [2.75, 3.05) is 0 Å². The third kappa shape index (κ3) is 6.12. The zero-order chi connectivity index (χ0) is 15.0. The maximum atomic E-state index is 11.7. The molecule has 6 nitrogen and oxygen atoms in total. The first-order chi connectivity index (χ1) is 9.43. The fourth-order valence-electron chi connectivity index (χ4n) is 1.75. The highest BCUT2D eigenvalue weighted by molar-refractivity contribution is 5.75. The maximum Gasteiger partial charge on any atom is 0.220 e. The normalized spacial score (nSPS) is 11.6. The molecule has 0 atom stereocenters. The first-order valence-electron chi connectivity index (χ1n) is 7.49. The molecule has 20 heavy (non-hydrogen) atoms. The van der Waals surface area contributed by atoms with Gasteiger partial charge in [0, 0.05) is 6.42 Å². The van der Waals surface area contributed by atoms with E-state index in [1.54, 1.807) is 4.80 Å². The summed E-state index contributed by atoms with van der Waals surface area (Å²) in [4.78, 5) is 13.2. The van der Waals surface area contributed by atoms with Crippen LogP contribution < -0.4 is 5.32 Å². The van der Waals surface area contributed by atoms with E-state index in [1.165, 1.54) is 19.3 Å². The third-order valence-corrected chi connectivity index (χ3v) is 3.01. The molecule has 0 fully saturated rings. The molecule has 1 N–H and O–H groups in total. The summed E-state index contributed by atoms with van der Waals surface area (Å²) in [5.74, 6) is 0.618. The Labute approximate surface area is 121 Å². The third-order valence-electron chi connectivity index (χ3n) is 3.01. The van der Waals surface area contributed by atoms with E-state index in [1.807, 2.05) is 20.8 Å². The Hall–Kier alpha value is -1.46. The second-order valence-electron chi connectivity index (χ2n) is 6.11. The predicted molar refractivity (Wildman–Crippen MR) is 78.0 cm³/mol. The van der Waals surface area contributed by atoms with Crippen LogP contribution in [0.25, 0.3) is 0 Å². The number of hydrogen-bond acceptors (Lipinski definition) is 4. The smallest absolute Gasteiger partial charge is 0.220 e. The average Bonchev–Trinajstić information content (AvgIpc) is 2.85. The molecule has 1 heterocycles. The lowest BCUT2D eigenvalue weighted by Gasteiger charge is -2.15. The molecule has 0 aromatic carbocycles. The highest BCUT2D eigenvalue weighted by Gasteiger charge is 2.16. The minimum atomic E-state index is -0.186. The monoisotopic (exact) mass is 281 g/mol. The van der Waals surface area contributed by atoms with Crippen molar-refractivity contribution >= 4 is 5.91 Å². The van der Waals surface area contributed by atoms with Crippen LogP contribution in [0.4, 0.5) is 0 Å². The fraction of sp³-hybridized carbons (Fsp3) is 0.857. The van der Waals surface area contributed by atoms with Gasteiger partial charge in [-0.3, -0.25) is 4.79 Å². The van der Waals surface area contributed by atoms with Gasteiger partial charge in [0.1, 0.15) is 0 Å². The van der Waals surface area contributed by atoms with Gasteiger partial charge in [-0.1, -0.05) is 32.6 Å². The molecule has 0 aliphatic carbocycles. The van der Waals surface area contributed by atoms with Gasteiger partial charge in [-0.2, -0.15) is 4.80 Å². The minimum Gasteiger partial charge on any atom is -0.349 e. The standard InChI is InChI=1S/C14H27N5O/c1-5-6-7-8-9-10-13(20)15-11-12-16-18-19(17-12)14(2,3)4/h5-11H2,1-4H3,(H,15,20). The highest BCUT2D eigenvalue weighted by atomic mass is 16.1. The van der Waals surface area contributed by atoms with Crippen molar-refractivity contribution in [3.05, 3.63) is 5.82 Å². The predicted octanol–water partition coefficient (Wildman–Crippen LogP) is 2.40. The van der Waals surface area contributed by atoms with Crippen LogP contribution in [0.1, 0.15) is 72.0 Å². The molecule has 1 aromatic heterocycles. The SMILES string of the molecule is CCCCCCCC(=O)NCc1nnn(C(C)(C)C)n1. The van der Waals surface area contributed by atoms with Gasteiger partial charge in [-0.15, -0.1) is 10.2 Å². The highest BCUT2D eigenvalue weighted by Crippen LogP contribution is 2.09. The second-order valence-corrected chi connectivity index (χ2v) is 6.11. The van der Waals surface area contributed by atoms with Crippen molar-refractivity contribution in [2.45, 2.75) is 78.3 Å². The maximum absolute atomic E-state index is 11.7. The molecule has 1 amide bonds. The van der Waals surface area contributed by atoms with Crippen LogP contribution >= 0.6 is 0 Å². The lowest BCUT2D eigenvalue weighted by molar-refractivity contribution is -0.121. The van der Waals surface area contributed by atoms with Gasteiger partial charge < -0.3 is 5.32 Å². The molecule has 1 aromatic rings. The van der Waals surface area contributed by atoms with Crippen molar-refractivity contribution in [1.29, 1.82) is 0 Å². The molecular formula is C14H27N5O. The van der Waals surface area contributed by atoms with E-state index in [2.05, 4.69) is 27.7 Å². The van der Waals surface area contributed by atoms with Crippen molar-refractivity contribution in [3.8, 4) is 0 Å². The number of rotatable bonds is 8. The molecule has 1 rings (SSSR count). The average molecular weight is 281 g/mol. The summed E-state index contributed by atoms with van der Waals surface area (Å²) in [6.45, 7) is 8.56. The summed E-state index contributed by atoms with van der Waals surface area (Å²) in [5, 5.41) is 15.0. The van der Waals surface area contributed by atoms with E-state index in [0.29, 0.717) is 18.8 Å². The number of nitrogens with one attached hydrogen (secondary N) is 1. The van der Waals surface area contributed by atoms with Gasteiger partial charge in [-0.25, -0.2) is 0 Å². The van der Waals surface area contributed by atoms with Crippen LogP contribution in [0.2, 0.25) is 0 Å². The molecule has 0 saturated carbocycles. The number of tetrazole rings is 1. The molecule has 0 aliphatic rings. The van der Waals surface area contributed by atoms with Gasteiger partial charge >= 0.3 is 0 Å². The molecule has 0 aliphatic heterocycles. The topological polar surface area (TPSA) is 72.7 Å². The lowest BCUT2D eigenvalue weighted by atomic mass is 10.1. The number of aromatic nitrogens is 4. The largest absolute Gasteiger partial charge is 0.349 e. The first-order valence-corrected chi connectivity index (χ1v) is 7.49. The minimum absolute atomic E-state index is 0.0635. The Morgan fingerprint density at radius 3 is 2.50 bits per heavy atom. The lowest BCUT2D eigenvalue weighted by Crippen LogP contribution is -2.26. The van der Waals surface area contributed by atoms with Crippen LogP contribution in [0.5, 0.6) is 0 Å². The second kappa shape index (κ2) is 7.97. The van der Waals surface area contributed by atoms with E-state index >= 15 is 0 Å². The summed E-state index contributed by atoms with van der Waals surface area (Å²) in [6, 6.07) is 0. The Morgan fingerprint density at radius 2 is 1.90 bits per heavy atom. The quantitative estimate of drug-likeness (QED) is 0.743. The van der Waals surface area contributed by atoms with E-state index in [0.717, 1.165) is 12.8 Å². The van der Waals surface area contributed by atoms with Crippen LogP contribution in [-0.4, -0.2) is 26.1 Å². The van der Waals surface area contributed by atoms with E-state index in [4.69, 9.17) is 0 Å². The molecule has 0 unspecified atom stereocenters. The number of amides is 1. The summed E-state index contributed by atoms with van der Waals surface area (Å²) >= 11 is 0. The van der Waals surface area contributed by atoms with Gasteiger partial charge in [-0.05, 0) is 32.4 Å². The molecule has 0 spiro atoms. The van der Waals surface area contributed by atoms with Gasteiger partial charge in [0.2, 0.25) is 5.91 Å². The number of nitrogens with zero attached hydrogens (tertiary/aromatic N) is 4. The Morgan fingerprint density at radius 1 is 1.20 bits per heavy atom. The van der Waals surface area contributed by atoms with Crippen LogP contribution in [0.15, 0.2) is 0 Å². The number of carbonyl (C=O) groups is 1. The van der Waals surface area contributed by atoms with E-state index in [-0.39, 0.29) is 11.4 Å². The van der Waals surface area contributed by atoms with Crippen molar-refractivity contribution in [1.82, 2.24) is 25.5 Å². The number of unbranched alkanes of at least 4 members (excludes halogenated alkanes) is 4. The fourth-order valence-corrected chi connectivity index (χ4v) is 1.75. The van der Waals surface area contributed by atoms with Crippen molar-refractivity contribution < 1.29 is 4.79 Å². The zero-order valence-electron chi connectivity index (χ0n) is 13.1. The molecular weight excluding hydrogens is 254 g/mol. The summed E-state index contributed by atoms with van der Waals surface area (Å²) in [7, 11) is 0. The Kier molecular flexibility index (Phi) is 6.61. The van der Waals surface area contributed by atoms with E-state index < -0.39 is 0 Å². The molecule has 0 saturated heterocycles. The van der Waals surface area contributed by atoms with Gasteiger partial charge in [0.05, 0.1) is 12.1 Å². The van der Waals surface area contributed by atoms with Gasteiger partial charge in [0.15, 0.2) is 5.82 Å². The van der Waals surface area contributed by atoms with Crippen LogP contribution in [0.3, 0.4) is 0 Å².